The Morgan fingerprint density at radius 2 is 1.83 bits per heavy atom. The summed E-state index contributed by atoms with van der Waals surface area (Å²) < 4.78 is 8.43. The Balaban J connectivity index is 1.65. The number of carbonyl (C=O) groups is 1. The first-order chi connectivity index (χ1) is 14.1. The predicted octanol–water partition coefficient (Wildman–Crippen LogP) is 1.86. The minimum Gasteiger partial charge on any atom is -0.383 e. The van der Waals surface area contributed by atoms with Gasteiger partial charge in [-0.25, -0.2) is 9.67 Å². The number of aryl methyl sites for hydroxylation is 1. The third-order valence-corrected chi connectivity index (χ3v) is 4.83. The highest BCUT2D eigenvalue weighted by Crippen LogP contribution is 2.17. The Kier molecular flexibility index (Phi) is 5.09. The van der Waals surface area contributed by atoms with Gasteiger partial charge in [-0.3, -0.25) is 9.59 Å². The molecule has 148 valence electrons. The van der Waals surface area contributed by atoms with Crippen LogP contribution in [0.2, 0.25) is 0 Å². The van der Waals surface area contributed by atoms with Crippen LogP contribution in [0.25, 0.3) is 21.8 Å². The Morgan fingerprint density at radius 3 is 2.62 bits per heavy atom. The minimum atomic E-state index is -0.359. The van der Waals surface area contributed by atoms with Gasteiger partial charge in [0.05, 0.1) is 29.6 Å². The van der Waals surface area contributed by atoms with E-state index in [9.17, 15) is 9.59 Å². The number of carbonyl (C=O) groups excluding carboxylic acids is 1. The van der Waals surface area contributed by atoms with E-state index in [1.54, 1.807) is 31.4 Å². The molecule has 0 bridgehead atoms. The van der Waals surface area contributed by atoms with Crippen molar-refractivity contribution in [2.24, 2.45) is 7.05 Å². The van der Waals surface area contributed by atoms with Gasteiger partial charge < -0.3 is 14.6 Å². The number of ether oxygens (including phenoxy) is 1. The van der Waals surface area contributed by atoms with Crippen LogP contribution in [0.15, 0.2) is 53.3 Å². The van der Waals surface area contributed by atoms with Gasteiger partial charge in [-0.05, 0) is 18.2 Å². The van der Waals surface area contributed by atoms with Gasteiger partial charge in [-0.15, -0.1) is 0 Å². The zero-order chi connectivity index (χ0) is 20.4. The largest absolute Gasteiger partial charge is 0.383 e. The normalized spacial score (nSPS) is 11.2. The lowest BCUT2D eigenvalue weighted by molar-refractivity contribution is 0.0944. The lowest BCUT2D eigenvalue weighted by Crippen LogP contribution is -2.30. The Hall–Kier alpha value is -3.52. The number of hydrogen-bond acceptors (Lipinski definition) is 5. The van der Waals surface area contributed by atoms with E-state index in [1.807, 2.05) is 28.8 Å². The van der Waals surface area contributed by atoms with Crippen LogP contribution in [-0.2, 0) is 24.9 Å². The number of rotatable bonds is 6. The van der Waals surface area contributed by atoms with Crippen LogP contribution in [0.3, 0.4) is 0 Å². The van der Waals surface area contributed by atoms with Crippen molar-refractivity contribution >= 4 is 27.7 Å². The molecule has 1 amide bonds. The fourth-order valence-corrected chi connectivity index (χ4v) is 3.40. The van der Waals surface area contributed by atoms with Crippen molar-refractivity contribution in [3.05, 3.63) is 70.4 Å². The molecule has 0 atom stereocenters. The molecule has 2 heterocycles. The summed E-state index contributed by atoms with van der Waals surface area (Å²) in [4.78, 5) is 29.8. The number of imidazole rings is 1. The van der Waals surface area contributed by atoms with Crippen molar-refractivity contribution < 1.29 is 9.53 Å². The maximum Gasteiger partial charge on any atom is 0.274 e. The molecule has 8 nitrogen and oxygen atoms in total. The monoisotopic (exact) mass is 391 g/mol. The van der Waals surface area contributed by atoms with Gasteiger partial charge in [-0.2, -0.15) is 5.10 Å². The van der Waals surface area contributed by atoms with Crippen LogP contribution < -0.4 is 10.9 Å². The molecule has 4 rings (SSSR count). The third kappa shape index (κ3) is 3.50. The van der Waals surface area contributed by atoms with Crippen molar-refractivity contribution in [1.29, 1.82) is 0 Å². The molecule has 0 saturated heterocycles. The molecule has 8 heteroatoms. The van der Waals surface area contributed by atoms with Crippen LogP contribution in [0.1, 0.15) is 16.3 Å². The maximum absolute atomic E-state index is 12.9. The molecule has 0 aliphatic heterocycles. The Morgan fingerprint density at radius 1 is 1.10 bits per heavy atom. The number of hydrogen-bond donors (Lipinski definition) is 1. The van der Waals surface area contributed by atoms with E-state index in [0.29, 0.717) is 23.9 Å². The van der Waals surface area contributed by atoms with Gasteiger partial charge in [0.25, 0.3) is 11.5 Å². The lowest BCUT2D eigenvalue weighted by Gasteiger charge is -2.11. The van der Waals surface area contributed by atoms with Crippen molar-refractivity contribution in [3.8, 4) is 0 Å². The van der Waals surface area contributed by atoms with Crippen molar-refractivity contribution in [2.75, 3.05) is 13.7 Å². The van der Waals surface area contributed by atoms with Gasteiger partial charge in [0.1, 0.15) is 5.82 Å². The number of aromatic nitrogens is 4. The molecule has 0 fully saturated rings. The van der Waals surface area contributed by atoms with E-state index in [0.717, 1.165) is 16.9 Å². The standard InChI is InChI=1S/C21H21N5O3/c1-25-21(28)15-8-4-3-7-14(15)19(24-25)20(27)22-13-18-23-16-9-5-6-10-17(16)26(18)11-12-29-2/h3-10H,11-13H2,1-2H3,(H,22,27). The molecule has 1 N–H and O–H groups in total. The Labute approximate surface area is 166 Å². The zero-order valence-corrected chi connectivity index (χ0v) is 16.3. The van der Waals surface area contributed by atoms with E-state index < -0.39 is 0 Å². The van der Waals surface area contributed by atoms with Gasteiger partial charge in [0, 0.05) is 26.1 Å². The average molecular weight is 391 g/mol. The molecular weight excluding hydrogens is 370 g/mol. The second-order valence-corrected chi connectivity index (χ2v) is 6.67. The minimum absolute atomic E-state index is 0.210. The topological polar surface area (TPSA) is 91.0 Å². The van der Waals surface area contributed by atoms with E-state index in [2.05, 4.69) is 15.4 Å². The molecule has 0 aliphatic carbocycles. The molecule has 2 aromatic carbocycles. The number of benzene rings is 2. The van der Waals surface area contributed by atoms with Crippen LogP contribution in [0.5, 0.6) is 0 Å². The van der Waals surface area contributed by atoms with Gasteiger partial charge in [0.2, 0.25) is 0 Å². The fourth-order valence-electron chi connectivity index (χ4n) is 3.40. The van der Waals surface area contributed by atoms with E-state index in [-0.39, 0.29) is 23.7 Å². The summed E-state index contributed by atoms with van der Waals surface area (Å²) >= 11 is 0. The van der Waals surface area contributed by atoms with Gasteiger partial charge in [0.15, 0.2) is 5.69 Å². The number of fused-ring (bicyclic) bond motifs is 2. The molecule has 0 unspecified atom stereocenters. The summed E-state index contributed by atoms with van der Waals surface area (Å²) in [6, 6.07) is 14.8. The molecule has 0 aliphatic rings. The summed E-state index contributed by atoms with van der Waals surface area (Å²) in [5.74, 6) is 0.368. The summed E-state index contributed by atoms with van der Waals surface area (Å²) in [7, 11) is 3.19. The van der Waals surface area contributed by atoms with Gasteiger partial charge in [-0.1, -0.05) is 30.3 Å². The molecule has 29 heavy (non-hydrogen) atoms. The predicted molar refractivity (Wildman–Crippen MR) is 110 cm³/mol. The quantitative estimate of drug-likeness (QED) is 0.542. The van der Waals surface area contributed by atoms with E-state index >= 15 is 0 Å². The average Bonchev–Trinajstić information content (AvgIpc) is 3.10. The second-order valence-electron chi connectivity index (χ2n) is 6.67. The maximum atomic E-state index is 12.9. The Bertz CT molecular complexity index is 1260. The molecule has 4 aromatic rings. The van der Waals surface area contributed by atoms with Crippen molar-refractivity contribution in [3.63, 3.8) is 0 Å². The summed E-state index contributed by atoms with van der Waals surface area (Å²) in [5, 5.41) is 8.05. The molecule has 0 saturated carbocycles. The summed E-state index contributed by atoms with van der Waals surface area (Å²) in [6.45, 7) is 1.40. The highest BCUT2D eigenvalue weighted by molar-refractivity contribution is 6.04. The number of para-hydroxylation sites is 2. The SMILES string of the molecule is COCCn1c(CNC(=O)c2nn(C)c(=O)c3ccccc23)nc2ccccc21. The van der Waals surface area contributed by atoms with Crippen LogP contribution in [0.4, 0.5) is 0 Å². The molecule has 0 radical (unpaired) electrons. The van der Waals surface area contributed by atoms with E-state index in [1.165, 1.54) is 11.7 Å². The first-order valence-corrected chi connectivity index (χ1v) is 9.27. The lowest BCUT2D eigenvalue weighted by atomic mass is 10.1. The molecule has 0 spiro atoms. The molecular formula is C21H21N5O3. The summed E-state index contributed by atoms with van der Waals surface area (Å²) in [6.07, 6.45) is 0. The second kappa shape index (κ2) is 7.84. The number of nitrogens with zero attached hydrogens (tertiary/aromatic N) is 4. The van der Waals surface area contributed by atoms with Gasteiger partial charge >= 0.3 is 0 Å². The molecule has 2 aromatic heterocycles. The third-order valence-electron chi connectivity index (χ3n) is 4.83. The van der Waals surface area contributed by atoms with Crippen molar-refractivity contribution in [1.82, 2.24) is 24.6 Å². The number of methoxy groups -OCH3 is 1. The van der Waals surface area contributed by atoms with E-state index in [4.69, 9.17) is 4.74 Å². The first-order valence-electron chi connectivity index (χ1n) is 9.27. The number of amides is 1. The van der Waals surface area contributed by atoms with Crippen LogP contribution in [-0.4, -0.2) is 39.0 Å². The number of nitrogens with one attached hydrogen (secondary N) is 1. The zero-order valence-electron chi connectivity index (χ0n) is 16.3. The smallest absolute Gasteiger partial charge is 0.274 e. The first kappa shape index (κ1) is 18.8. The fraction of sp³-hybridized carbons (Fsp3) is 0.238. The highest BCUT2D eigenvalue weighted by atomic mass is 16.5. The van der Waals surface area contributed by atoms with Crippen LogP contribution in [0, 0.1) is 0 Å². The highest BCUT2D eigenvalue weighted by Gasteiger charge is 2.17. The van der Waals surface area contributed by atoms with Crippen molar-refractivity contribution in [2.45, 2.75) is 13.1 Å². The summed E-state index contributed by atoms with van der Waals surface area (Å²) in [5.41, 5.74) is 1.82. The van der Waals surface area contributed by atoms with Crippen LogP contribution >= 0.6 is 0 Å².